The van der Waals surface area contributed by atoms with Crippen LogP contribution in [-0.4, -0.2) is 34.0 Å². The van der Waals surface area contributed by atoms with Gasteiger partial charge in [0.15, 0.2) is 11.5 Å². The van der Waals surface area contributed by atoms with E-state index in [1.165, 1.54) is 49.7 Å². The van der Waals surface area contributed by atoms with Crippen LogP contribution < -0.4 is 14.9 Å². The zero-order chi connectivity index (χ0) is 25.5. The second-order valence-electron chi connectivity index (χ2n) is 6.69. The number of nitrogens with zero attached hydrogens (tertiary/aromatic N) is 4. The third kappa shape index (κ3) is 5.89. The fraction of sp³-hybridized carbons (Fsp3) is 0.0476. The van der Waals surface area contributed by atoms with Gasteiger partial charge in [-0.25, -0.2) is 5.43 Å². The minimum absolute atomic E-state index is 0.0439. The molecule has 0 atom stereocenters. The number of nitro groups is 3. The van der Waals surface area contributed by atoms with Gasteiger partial charge in [0.05, 0.1) is 34.2 Å². The Morgan fingerprint density at radius 2 is 1.54 bits per heavy atom. The maximum atomic E-state index is 12.2. The second-order valence-corrected chi connectivity index (χ2v) is 6.69. The maximum Gasteiger partial charge on any atom is 0.318 e. The summed E-state index contributed by atoms with van der Waals surface area (Å²) in [5, 5.41) is 36.8. The first-order valence-corrected chi connectivity index (χ1v) is 9.56. The summed E-state index contributed by atoms with van der Waals surface area (Å²) in [6.07, 6.45) is 1.27. The Hall–Kier alpha value is -5.40. The monoisotopic (exact) mass is 481 g/mol. The van der Waals surface area contributed by atoms with E-state index in [2.05, 4.69) is 10.5 Å². The molecule has 0 saturated carbocycles. The molecule has 0 radical (unpaired) electrons. The van der Waals surface area contributed by atoms with Crippen molar-refractivity contribution in [1.29, 1.82) is 0 Å². The number of non-ortho nitro benzene ring substituents is 2. The topological polar surface area (TPSA) is 189 Å². The summed E-state index contributed by atoms with van der Waals surface area (Å²) in [6.45, 7) is 0. The standard InChI is InChI=1S/C21H15N5O9/c1-34-20-9-13(12-22-23-21(27)14-3-2-4-15(10-14)24(28)29)5-7-19(20)35-18-8-6-16(25(30)31)11-17(18)26(32)33/h2-12H,1H3,(H,23,27)/b22-12+. The zero-order valence-electron chi connectivity index (χ0n) is 17.8. The average Bonchev–Trinajstić information content (AvgIpc) is 2.84. The summed E-state index contributed by atoms with van der Waals surface area (Å²) in [5.41, 5.74) is 1.44. The van der Waals surface area contributed by atoms with Crippen molar-refractivity contribution in [1.82, 2.24) is 5.43 Å². The van der Waals surface area contributed by atoms with E-state index in [1.54, 1.807) is 0 Å². The number of nitrogens with one attached hydrogen (secondary N) is 1. The molecule has 178 valence electrons. The number of ether oxygens (including phenoxy) is 2. The molecule has 0 aliphatic carbocycles. The van der Waals surface area contributed by atoms with Crippen LogP contribution in [0.5, 0.6) is 17.2 Å². The second kappa shape index (κ2) is 10.5. The lowest BCUT2D eigenvalue weighted by Gasteiger charge is -2.11. The first-order chi connectivity index (χ1) is 16.7. The van der Waals surface area contributed by atoms with Gasteiger partial charge in [-0.2, -0.15) is 5.10 Å². The molecule has 0 aliphatic rings. The van der Waals surface area contributed by atoms with Gasteiger partial charge >= 0.3 is 5.69 Å². The summed E-state index contributed by atoms with van der Waals surface area (Å²) in [4.78, 5) is 43.0. The molecule has 1 N–H and O–H groups in total. The highest BCUT2D eigenvalue weighted by atomic mass is 16.6. The Morgan fingerprint density at radius 1 is 0.857 bits per heavy atom. The van der Waals surface area contributed by atoms with E-state index in [-0.39, 0.29) is 28.5 Å². The predicted molar refractivity (Wildman–Crippen MR) is 121 cm³/mol. The van der Waals surface area contributed by atoms with Crippen molar-refractivity contribution in [2.24, 2.45) is 5.10 Å². The van der Waals surface area contributed by atoms with Crippen LogP contribution in [-0.2, 0) is 0 Å². The largest absolute Gasteiger partial charge is 0.493 e. The molecule has 0 unspecified atom stereocenters. The van der Waals surface area contributed by atoms with Gasteiger partial charge in [0, 0.05) is 23.8 Å². The van der Waals surface area contributed by atoms with E-state index < -0.39 is 32.1 Å². The molecule has 1 amide bonds. The minimum Gasteiger partial charge on any atom is -0.493 e. The van der Waals surface area contributed by atoms with Crippen LogP contribution in [0, 0.1) is 30.3 Å². The lowest BCUT2D eigenvalue weighted by atomic mass is 10.2. The molecule has 0 spiro atoms. The number of hydrogen-bond acceptors (Lipinski definition) is 10. The smallest absolute Gasteiger partial charge is 0.318 e. The van der Waals surface area contributed by atoms with Crippen molar-refractivity contribution in [3.05, 3.63) is 102 Å². The number of rotatable bonds is 9. The van der Waals surface area contributed by atoms with Gasteiger partial charge in [0.1, 0.15) is 0 Å². The van der Waals surface area contributed by atoms with E-state index in [4.69, 9.17) is 9.47 Å². The number of benzene rings is 3. The highest BCUT2D eigenvalue weighted by Crippen LogP contribution is 2.38. The van der Waals surface area contributed by atoms with E-state index in [9.17, 15) is 35.1 Å². The van der Waals surface area contributed by atoms with Crippen molar-refractivity contribution >= 4 is 29.2 Å². The van der Waals surface area contributed by atoms with Crippen LogP contribution in [0.25, 0.3) is 0 Å². The SMILES string of the molecule is COc1cc(/C=N/NC(=O)c2cccc([N+](=O)[O-])c2)ccc1Oc1ccc([N+](=O)[O-])cc1[N+](=O)[O-]. The molecule has 0 aliphatic heterocycles. The van der Waals surface area contributed by atoms with Gasteiger partial charge in [-0.3, -0.25) is 35.1 Å². The first-order valence-electron chi connectivity index (χ1n) is 9.56. The average molecular weight is 481 g/mol. The van der Waals surface area contributed by atoms with Crippen LogP contribution in [0.2, 0.25) is 0 Å². The highest BCUT2D eigenvalue weighted by molar-refractivity contribution is 5.95. The lowest BCUT2D eigenvalue weighted by molar-refractivity contribution is -0.394. The Labute approximate surface area is 195 Å². The molecule has 0 bridgehead atoms. The van der Waals surface area contributed by atoms with Gasteiger partial charge in [-0.15, -0.1) is 0 Å². The van der Waals surface area contributed by atoms with Crippen LogP contribution in [0.3, 0.4) is 0 Å². The molecule has 0 saturated heterocycles. The van der Waals surface area contributed by atoms with Crippen LogP contribution >= 0.6 is 0 Å². The van der Waals surface area contributed by atoms with E-state index in [0.717, 1.165) is 24.3 Å². The molecule has 0 heterocycles. The van der Waals surface area contributed by atoms with Gasteiger partial charge in [-0.1, -0.05) is 6.07 Å². The van der Waals surface area contributed by atoms with Crippen molar-refractivity contribution < 1.29 is 29.0 Å². The number of hydrazone groups is 1. The van der Waals surface area contributed by atoms with Gasteiger partial charge in [-0.05, 0) is 35.9 Å². The third-order valence-electron chi connectivity index (χ3n) is 4.46. The number of nitro benzene ring substituents is 3. The number of carbonyl (C=O) groups is 1. The Kier molecular flexibility index (Phi) is 7.26. The van der Waals surface area contributed by atoms with Crippen molar-refractivity contribution in [3.8, 4) is 17.2 Å². The van der Waals surface area contributed by atoms with Gasteiger partial charge in [0.2, 0.25) is 5.75 Å². The van der Waals surface area contributed by atoms with E-state index >= 15 is 0 Å². The maximum absolute atomic E-state index is 12.2. The van der Waals surface area contributed by atoms with Crippen LogP contribution in [0.4, 0.5) is 17.1 Å². The fourth-order valence-electron chi connectivity index (χ4n) is 2.81. The Morgan fingerprint density at radius 3 is 2.20 bits per heavy atom. The molecule has 0 fully saturated rings. The lowest BCUT2D eigenvalue weighted by Crippen LogP contribution is -2.17. The van der Waals surface area contributed by atoms with Crippen molar-refractivity contribution in [2.75, 3.05) is 7.11 Å². The van der Waals surface area contributed by atoms with Gasteiger partial charge < -0.3 is 9.47 Å². The van der Waals surface area contributed by atoms with Crippen LogP contribution in [0.15, 0.2) is 65.8 Å². The predicted octanol–water partition coefficient (Wildman–Crippen LogP) is 3.98. The molecular formula is C21H15N5O9. The number of carbonyl (C=O) groups excluding carboxylic acids is 1. The fourth-order valence-corrected chi connectivity index (χ4v) is 2.81. The normalized spacial score (nSPS) is 10.5. The number of amides is 1. The van der Waals surface area contributed by atoms with Crippen LogP contribution in [0.1, 0.15) is 15.9 Å². The Balaban J connectivity index is 1.76. The quantitative estimate of drug-likeness (QED) is 0.268. The Bertz CT molecular complexity index is 1360. The molecule has 35 heavy (non-hydrogen) atoms. The molecular weight excluding hydrogens is 466 g/mol. The first kappa shape index (κ1) is 24.2. The van der Waals surface area contributed by atoms with E-state index in [0.29, 0.717) is 5.56 Å². The molecule has 3 rings (SSSR count). The number of hydrogen-bond donors (Lipinski definition) is 1. The van der Waals surface area contributed by atoms with Gasteiger partial charge in [0.25, 0.3) is 17.3 Å². The summed E-state index contributed by atoms with van der Waals surface area (Å²) >= 11 is 0. The third-order valence-corrected chi connectivity index (χ3v) is 4.46. The van der Waals surface area contributed by atoms with Crippen molar-refractivity contribution in [2.45, 2.75) is 0 Å². The van der Waals surface area contributed by atoms with Crippen molar-refractivity contribution in [3.63, 3.8) is 0 Å². The summed E-state index contributed by atoms with van der Waals surface area (Å²) in [6, 6.07) is 12.5. The molecule has 14 heteroatoms. The zero-order valence-corrected chi connectivity index (χ0v) is 17.8. The molecule has 3 aromatic rings. The van der Waals surface area contributed by atoms with E-state index in [1.807, 2.05) is 0 Å². The summed E-state index contributed by atoms with van der Waals surface area (Å²) in [5.74, 6) is -0.652. The molecule has 14 nitrogen and oxygen atoms in total. The number of methoxy groups -OCH3 is 1. The molecule has 0 aromatic heterocycles. The summed E-state index contributed by atoms with van der Waals surface area (Å²) in [7, 11) is 1.33. The molecule has 3 aromatic carbocycles. The highest BCUT2D eigenvalue weighted by Gasteiger charge is 2.22. The minimum atomic E-state index is -0.806. The summed E-state index contributed by atoms with van der Waals surface area (Å²) < 4.78 is 10.8.